The first-order chi connectivity index (χ1) is 15.6. The number of esters is 1. The summed E-state index contributed by atoms with van der Waals surface area (Å²) in [5.41, 5.74) is 0.969. The molecule has 2 atom stereocenters. The van der Waals surface area contributed by atoms with Gasteiger partial charge in [-0.25, -0.2) is 4.79 Å². The number of hydrogen-bond donors (Lipinski definition) is 1. The number of hydrogen-bond acceptors (Lipinski definition) is 4. The molecule has 2 aromatic carbocycles. The Labute approximate surface area is 194 Å². The number of methoxy groups -OCH3 is 1. The Morgan fingerprint density at radius 1 is 1.09 bits per heavy atom. The zero-order valence-corrected chi connectivity index (χ0v) is 18.7. The topological polar surface area (TPSA) is 55.4 Å². The largest absolute Gasteiger partial charge is 0.466 e. The van der Waals surface area contributed by atoms with Crippen LogP contribution in [0.5, 0.6) is 0 Å². The number of carbonyl (C=O) groups excluding carboxylic acids is 2. The molecule has 4 rings (SSSR count). The zero-order chi connectivity index (χ0) is 23.9. The molecule has 0 amide bonds. The van der Waals surface area contributed by atoms with Crippen LogP contribution in [-0.2, 0) is 20.5 Å². The third kappa shape index (κ3) is 4.29. The van der Waals surface area contributed by atoms with Gasteiger partial charge in [-0.2, -0.15) is 13.2 Å². The predicted molar refractivity (Wildman–Crippen MR) is 117 cm³/mol. The summed E-state index contributed by atoms with van der Waals surface area (Å²) in [6.07, 6.45) is -4.12. The molecule has 0 radical (unpaired) electrons. The molecule has 0 saturated carbocycles. The molecular formula is C25H21ClF3NO3. The molecule has 0 saturated heterocycles. The number of alkyl halides is 3. The number of ether oxygens (including phenoxy) is 1. The fourth-order valence-corrected chi connectivity index (χ4v) is 4.83. The summed E-state index contributed by atoms with van der Waals surface area (Å²) in [4.78, 5) is 26.1. The monoisotopic (exact) mass is 475 g/mol. The third-order valence-corrected chi connectivity index (χ3v) is 6.40. The van der Waals surface area contributed by atoms with Crippen LogP contribution in [0, 0.1) is 0 Å². The Morgan fingerprint density at radius 3 is 2.39 bits per heavy atom. The van der Waals surface area contributed by atoms with Crippen molar-refractivity contribution < 1.29 is 27.5 Å². The lowest BCUT2D eigenvalue weighted by Crippen LogP contribution is -2.36. The predicted octanol–water partition coefficient (Wildman–Crippen LogP) is 5.89. The summed E-state index contributed by atoms with van der Waals surface area (Å²) in [5, 5.41) is 3.68. The van der Waals surface area contributed by atoms with E-state index in [1.165, 1.54) is 25.3 Å². The summed E-state index contributed by atoms with van der Waals surface area (Å²) in [5.74, 6) is -2.42. The Balaban J connectivity index is 1.87. The second-order valence-electron chi connectivity index (χ2n) is 8.15. The van der Waals surface area contributed by atoms with E-state index in [-0.39, 0.29) is 34.8 Å². The molecule has 1 N–H and O–H groups in total. The lowest BCUT2D eigenvalue weighted by atomic mass is 9.71. The maximum absolute atomic E-state index is 13.9. The summed E-state index contributed by atoms with van der Waals surface area (Å²) < 4.78 is 46.6. The van der Waals surface area contributed by atoms with Crippen molar-refractivity contribution in [3.05, 3.63) is 92.8 Å². The molecule has 0 aromatic heterocycles. The van der Waals surface area contributed by atoms with Gasteiger partial charge in [-0.1, -0.05) is 41.9 Å². The van der Waals surface area contributed by atoms with Gasteiger partial charge >= 0.3 is 12.1 Å². The second-order valence-corrected chi connectivity index (χ2v) is 8.58. The fraction of sp³-hybridized carbons (Fsp3) is 0.280. The molecule has 8 heteroatoms. The molecule has 2 aliphatic rings. The van der Waals surface area contributed by atoms with Gasteiger partial charge in [0.1, 0.15) is 0 Å². The van der Waals surface area contributed by atoms with Gasteiger partial charge in [0.05, 0.1) is 18.2 Å². The minimum atomic E-state index is -4.65. The lowest BCUT2D eigenvalue weighted by Gasteiger charge is -2.37. The third-order valence-electron chi connectivity index (χ3n) is 6.15. The van der Waals surface area contributed by atoms with E-state index in [0.717, 1.165) is 11.6 Å². The first-order valence-corrected chi connectivity index (χ1v) is 10.7. The van der Waals surface area contributed by atoms with Crippen LogP contribution in [0.15, 0.2) is 71.1 Å². The van der Waals surface area contributed by atoms with Crippen LogP contribution < -0.4 is 5.32 Å². The van der Waals surface area contributed by atoms with Crippen molar-refractivity contribution in [1.82, 2.24) is 5.32 Å². The number of dihydropyridines is 1. The van der Waals surface area contributed by atoms with Crippen molar-refractivity contribution in [1.29, 1.82) is 0 Å². The van der Waals surface area contributed by atoms with Crippen molar-refractivity contribution in [3.8, 4) is 0 Å². The number of benzene rings is 2. The van der Waals surface area contributed by atoms with Crippen molar-refractivity contribution in [2.24, 2.45) is 0 Å². The number of Topliss-reactive ketones (excluding diaryl/α,β-unsaturated/α-hetero) is 1. The molecule has 1 heterocycles. The van der Waals surface area contributed by atoms with Crippen LogP contribution in [0.1, 0.15) is 48.3 Å². The Bertz CT molecular complexity index is 1180. The van der Waals surface area contributed by atoms with Crippen molar-refractivity contribution >= 4 is 23.4 Å². The highest BCUT2D eigenvalue weighted by Gasteiger charge is 2.44. The van der Waals surface area contributed by atoms with Gasteiger partial charge in [-0.3, -0.25) is 4.79 Å². The van der Waals surface area contributed by atoms with E-state index in [1.54, 1.807) is 19.1 Å². The first-order valence-electron chi connectivity index (χ1n) is 10.4. The van der Waals surface area contributed by atoms with Gasteiger partial charge in [0.15, 0.2) is 5.78 Å². The summed E-state index contributed by atoms with van der Waals surface area (Å²) >= 11 is 5.98. The van der Waals surface area contributed by atoms with Crippen LogP contribution >= 0.6 is 11.6 Å². The molecule has 0 spiro atoms. The average molecular weight is 476 g/mol. The van der Waals surface area contributed by atoms with E-state index in [9.17, 15) is 22.8 Å². The lowest BCUT2D eigenvalue weighted by molar-refractivity contribution is -0.139. The van der Waals surface area contributed by atoms with E-state index in [4.69, 9.17) is 16.3 Å². The van der Waals surface area contributed by atoms with E-state index >= 15 is 0 Å². The van der Waals surface area contributed by atoms with Crippen molar-refractivity contribution in [2.45, 2.75) is 37.8 Å². The minimum Gasteiger partial charge on any atom is -0.466 e. The maximum atomic E-state index is 13.9. The van der Waals surface area contributed by atoms with Crippen LogP contribution in [0.25, 0.3) is 0 Å². The second kappa shape index (κ2) is 8.71. The van der Waals surface area contributed by atoms with Crippen LogP contribution in [0.2, 0.25) is 5.02 Å². The maximum Gasteiger partial charge on any atom is 0.416 e. The number of halogens is 4. The normalized spacial score (nSPS) is 21.0. The van der Waals surface area contributed by atoms with Gasteiger partial charge in [0.2, 0.25) is 0 Å². The number of nitrogens with one attached hydrogen (secondary N) is 1. The molecule has 33 heavy (non-hydrogen) atoms. The van der Waals surface area contributed by atoms with Gasteiger partial charge in [0, 0.05) is 34.3 Å². The van der Waals surface area contributed by atoms with E-state index in [2.05, 4.69) is 5.32 Å². The fourth-order valence-electron chi connectivity index (χ4n) is 4.71. The van der Waals surface area contributed by atoms with Crippen molar-refractivity contribution in [3.63, 3.8) is 0 Å². The highest BCUT2D eigenvalue weighted by atomic mass is 35.5. The van der Waals surface area contributed by atoms with E-state index < -0.39 is 23.6 Å². The minimum absolute atomic E-state index is 0.00578. The summed E-state index contributed by atoms with van der Waals surface area (Å²) in [6.45, 7) is 1.61. The van der Waals surface area contributed by atoms with Gasteiger partial charge < -0.3 is 10.1 Å². The van der Waals surface area contributed by atoms with Gasteiger partial charge in [-0.15, -0.1) is 0 Å². The number of rotatable bonds is 3. The molecule has 0 unspecified atom stereocenters. The smallest absolute Gasteiger partial charge is 0.416 e. The number of allylic oxidation sites excluding steroid dienone is 3. The van der Waals surface area contributed by atoms with Gasteiger partial charge in [0.25, 0.3) is 0 Å². The van der Waals surface area contributed by atoms with Crippen LogP contribution in [-0.4, -0.2) is 18.9 Å². The molecule has 0 fully saturated rings. The molecule has 2 aromatic rings. The van der Waals surface area contributed by atoms with Crippen LogP contribution in [0.3, 0.4) is 0 Å². The zero-order valence-electron chi connectivity index (χ0n) is 17.9. The highest BCUT2D eigenvalue weighted by Crippen LogP contribution is 2.48. The number of carbonyl (C=O) groups is 2. The number of ketones is 1. The Hall–Kier alpha value is -3.06. The van der Waals surface area contributed by atoms with Gasteiger partial charge in [-0.05, 0) is 48.6 Å². The molecule has 172 valence electrons. The van der Waals surface area contributed by atoms with Crippen LogP contribution in [0.4, 0.5) is 13.2 Å². The van der Waals surface area contributed by atoms with E-state index in [1.807, 2.05) is 12.1 Å². The molecule has 1 aliphatic heterocycles. The first kappa shape index (κ1) is 23.1. The molecular weight excluding hydrogens is 455 g/mol. The Morgan fingerprint density at radius 2 is 1.76 bits per heavy atom. The quantitative estimate of drug-likeness (QED) is 0.562. The molecule has 4 nitrogen and oxygen atoms in total. The summed E-state index contributed by atoms with van der Waals surface area (Å²) in [6, 6.07) is 12.2. The average Bonchev–Trinajstić information content (AvgIpc) is 2.77. The van der Waals surface area contributed by atoms with E-state index in [0.29, 0.717) is 22.8 Å². The molecule has 1 aliphatic carbocycles. The standard InChI is InChI=1S/C25H21ClF3NO3/c1-13-21(24(32)33-2)22(17-5-3-4-6-18(17)25(27,28)29)23-19(30-13)11-15(12-20(23)31)14-7-9-16(26)10-8-14/h3-10,15,22,30H,11-12H2,1-2H3/t15-,22+/m0/s1. The summed E-state index contributed by atoms with van der Waals surface area (Å²) in [7, 11) is 1.17. The SMILES string of the molecule is COC(=O)C1=C(C)NC2=C(C(=O)C[C@@H](c3ccc(Cl)cc3)C2)[C@@H]1c1ccccc1C(F)(F)F. The Kier molecular flexibility index (Phi) is 6.10. The molecule has 0 bridgehead atoms. The highest BCUT2D eigenvalue weighted by molar-refractivity contribution is 6.30. The van der Waals surface area contributed by atoms with Crippen molar-refractivity contribution in [2.75, 3.05) is 7.11 Å².